The molecule has 3 rings (SSSR count). The second kappa shape index (κ2) is 7.58. The molecule has 22 heavy (non-hydrogen) atoms. The predicted octanol–water partition coefficient (Wildman–Crippen LogP) is 3.13. The average molecular weight is 303 g/mol. The zero-order valence-corrected chi connectivity index (χ0v) is 13.4. The maximum atomic E-state index is 11.0. The maximum Gasteiger partial charge on any atom is 0.0998 e. The van der Waals surface area contributed by atoms with Crippen molar-refractivity contribution in [2.75, 3.05) is 13.1 Å². The van der Waals surface area contributed by atoms with Gasteiger partial charge in [0.25, 0.3) is 0 Å². The highest BCUT2D eigenvalue weighted by atomic mass is 16.3. The van der Waals surface area contributed by atoms with Gasteiger partial charge in [-0.25, -0.2) is 0 Å². The Bertz CT molecular complexity index is 438. The highest BCUT2D eigenvalue weighted by molar-refractivity contribution is 5.21. The Hall–Kier alpha value is -0.900. The van der Waals surface area contributed by atoms with Gasteiger partial charge in [0.05, 0.1) is 18.2 Å². The SMILES string of the molecule is OC(C1CCCC1)C(O)C(c1ccccc1)N1CCCCC1. The number of piperidine rings is 1. The van der Waals surface area contributed by atoms with Gasteiger partial charge in [-0.1, -0.05) is 49.6 Å². The molecule has 0 radical (unpaired) electrons. The fourth-order valence-corrected chi connectivity index (χ4v) is 4.24. The minimum atomic E-state index is -0.691. The third-order valence-electron chi connectivity index (χ3n) is 5.48. The van der Waals surface area contributed by atoms with E-state index in [1.807, 2.05) is 18.2 Å². The molecule has 2 fully saturated rings. The van der Waals surface area contributed by atoms with Gasteiger partial charge in [-0.15, -0.1) is 0 Å². The molecule has 3 heteroatoms. The molecule has 1 aliphatic carbocycles. The third-order valence-corrected chi connectivity index (χ3v) is 5.48. The monoisotopic (exact) mass is 303 g/mol. The lowest BCUT2D eigenvalue weighted by atomic mass is 9.87. The van der Waals surface area contributed by atoms with E-state index in [1.165, 1.54) is 32.1 Å². The summed E-state index contributed by atoms with van der Waals surface area (Å²) < 4.78 is 0. The molecule has 1 heterocycles. The lowest BCUT2D eigenvalue weighted by Crippen LogP contribution is -2.46. The molecule has 2 aliphatic rings. The third kappa shape index (κ3) is 3.53. The summed E-state index contributed by atoms with van der Waals surface area (Å²) in [5.41, 5.74) is 1.13. The van der Waals surface area contributed by atoms with Crippen LogP contribution >= 0.6 is 0 Å². The number of aliphatic hydroxyl groups excluding tert-OH is 2. The van der Waals surface area contributed by atoms with Crippen molar-refractivity contribution >= 4 is 0 Å². The predicted molar refractivity (Wildman–Crippen MR) is 88.6 cm³/mol. The summed E-state index contributed by atoms with van der Waals surface area (Å²) in [6, 6.07) is 10.2. The Kier molecular flexibility index (Phi) is 5.51. The van der Waals surface area contributed by atoms with Crippen molar-refractivity contribution in [1.82, 2.24) is 4.90 Å². The standard InChI is InChI=1S/C19H29NO2/c21-18(16-11-5-6-12-16)19(22)17(15-9-3-1-4-10-15)20-13-7-2-8-14-20/h1,3-4,9-10,16-19,21-22H,2,5-8,11-14H2. The molecule has 3 nitrogen and oxygen atoms in total. The first-order valence-corrected chi connectivity index (χ1v) is 8.92. The molecule has 0 spiro atoms. The van der Waals surface area contributed by atoms with Crippen molar-refractivity contribution in [3.05, 3.63) is 35.9 Å². The van der Waals surface area contributed by atoms with Gasteiger partial charge in [0, 0.05) is 0 Å². The summed E-state index contributed by atoms with van der Waals surface area (Å²) in [5, 5.41) is 21.7. The first kappa shape index (κ1) is 16.0. The van der Waals surface area contributed by atoms with Crippen molar-refractivity contribution in [1.29, 1.82) is 0 Å². The number of rotatable bonds is 5. The van der Waals surface area contributed by atoms with Crippen molar-refractivity contribution in [3.63, 3.8) is 0 Å². The average Bonchev–Trinajstić information content (AvgIpc) is 3.11. The quantitative estimate of drug-likeness (QED) is 0.878. The molecule has 1 aliphatic heterocycles. The minimum Gasteiger partial charge on any atom is -0.390 e. The Morgan fingerprint density at radius 1 is 0.864 bits per heavy atom. The van der Waals surface area contributed by atoms with E-state index in [2.05, 4.69) is 17.0 Å². The minimum absolute atomic E-state index is 0.0721. The van der Waals surface area contributed by atoms with Gasteiger partial charge in [0.15, 0.2) is 0 Å². The van der Waals surface area contributed by atoms with Crippen LogP contribution in [0, 0.1) is 5.92 Å². The molecule has 1 aromatic rings. The largest absolute Gasteiger partial charge is 0.390 e. The fourth-order valence-electron chi connectivity index (χ4n) is 4.24. The molecule has 2 N–H and O–H groups in total. The van der Waals surface area contributed by atoms with Crippen molar-refractivity contribution in [2.24, 2.45) is 5.92 Å². The first-order chi connectivity index (χ1) is 10.8. The van der Waals surface area contributed by atoms with Gasteiger partial charge in [0.2, 0.25) is 0 Å². The van der Waals surface area contributed by atoms with Gasteiger partial charge in [-0.05, 0) is 50.3 Å². The summed E-state index contributed by atoms with van der Waals surface area (Å²) >= 11 is 0. The Morgan fingerprint density at radius 2 is 1.50 bits per heavy atom. The fraction of sp³-hybridized carbons (Fsp3) is 0.684. The van der Waals surface area contributed by atoms with Crippen LogP contribution in [-0.2, 0) is 0 Å². The van der Waals surface area contributed by atoms with E-state index in [0.29, 0.717) is 0 Å². The number of hydrogen-bond donors (Lipinski definition) is 2. The molecular formula is C19H29NO2. The summed E-state index contributed by atoms with van der Waals surface area (Å²) in [7, 11) is 0. The van der Waals surface area contributed by atoms with Gasteiger partial charge in [-0.2, -0.15) is 0 Å². The summed E-state index contributed by atoms with van der Waals surface area (Å²) in [6.07, 6.45) is 6.85. The topological polar surface area (TPSA) is 43.7 Å². The molecule has 1 saturated carbocycles. The van der Waals surface area contributed by atoms with E-state index >= 15 is 0 Å². The number of hydrogen-bond acceptors (Lipinski definition) is 3. The van der Waals surface area contributed by atoms with Gasteiger partial charge >= 0.3 is 0 Å². The first-order valence-electron chi connectivity index (χ1n) is 8.92. The van der Waals surface area contributed by atoms with Crippen LogP contribution in [0.25, 0.3) is 0 Å². The molecule has 0 amide bonds. The number of benzene rings is 1. The Morgan fingerprint density at radius 3 is 2.14 bits per heavy atom. The number of likely N-dealkylation sites (tertiary alicyclic amines) is 1. The van der Waals surface area contributed by atoms with Crippen LogP contribution in [0.3, 0.4) is 0 Å². The lowest BCUT2D eigenvalue weighted by molar-refractivity contribution is -0.0670. The van der Waals surface area contributed by atoms with Crippen molar-refractivity contribution in [3.8, 4) is 0 Å². The zero-order valence-electron chi connectivity index (χ0n) is 13.4. The van der Waals surface area contributed by atoms with Crippen LogP contribution in [-0.4, -0.2) is 40.4 Å². The second-order valence-electron chi connectivity index (χ2n) is 6.98. The van der Waals surface area contributed by atoms with Gasteiger partial charge < -0.3 is 10.2 Å². The van der Waals surface area contributed by atoms with Crippen LogP contribution in [0.4, 0.5) is 0 Å². The van der Waals surface area contributed by atoms with Gasteiger partial charge in [0.1, 0.15) is 0 Å². The zero-order chi connectivity index (χ0) is 15.4. The van der Waals surface area contributed by atoms with Crippen LogP contribution in [0.5, 0.6) is 0 Å². The van der Waals surface area contributed by atoms with Crippen LogP contribution in [0.15, 0.2) is 30.3 Å². The highest BCUT2D eigenvalue weighted by Crippen LogP contribution is 2.35. The summed E-state index contributed by atoms with van der Waals surface area (Å²) in [6.45, 7) is 2.04. The Balaban J connectivity index is 1.80. The molecule has 122 valence electrons. The molecule has 1 aromatic carbocycles. The summed E-state index contributed by atoms with van der Waals surface area (Å²) in [5.74, 6) is 0.269. The van der Waals surface area contributed by atoms with E-state index in [4.69, 9.17) is 0 Å². The van der Waals surface area contributed by atoms with E-state index in [-0.39, 0.29) is 12.0 Å². The van der Waals surface area contributed by atoms with Crippen LogP contribution < -0.4 is 0 Å². The summed E-state index contributed by atoms with van der Waals surface area (Å²) in [4.78, 5) is 2.38. The molecule has 0 aromatic heterocycles. The molecular weight excluding hydrogens is 274 g/mol. The number of nitrogens with zero attached hydrogens (tertiary/aromatic N) is 1. The smallest absolute Gasteiger partial charge is 0.0998 e. The second-order valence-corrected chi connectivity index (χ2v) is 6.98. The van der Waals surface area contributed by atoms with Gasteiger partial charge in [-0.3, -0.25) is 4.90 Å². The lowest BCUT2D eigenvalue weighted by Gasteiger charge is -2.40. The van der Waals surface area contributed by atoms with E-state index < -0.39 is 12.2 Å². The van der Waals surface area contributed by atoms with Crippen molar-refractivity contribution in [2.45, 2.75) is 63.2 Å². The Labute approximate surface area is 134 Å². The molecule has 0 bridgehead atoms. The molecule has 1 saturated heterocycles. The highest BCUT2D eigenvalue weighted by Gasteiger charge is 2.37. The molecule has 3 atom stereocenters. The molecule has 3 unspecified atom stereocenters. The van der Waals surface area contributed by atoms with E-state index in [9.17, 15) is 10.2 Å². The van der Waals surface area contributed by atoms with E-state index in [0.717, 1.165) is 31.5 Å². The normalized spacial score (nSPS) is 25.0. The maximum absolute atomic E-state index is 11.0. The van der Waals surface area contributed by atoms with Crippen molar-refractivity contribution < 1.29 is 10.2 Å². The number of aliphatic hydroxyl groups is 2. The van der Waals surface area contributed by atoms with E-state index in [1.54, 1.807) is 0 Å². The van der Waals surface area contributed by atoms with Crippen LogP contribution in [0.2, 0.25) is 0 Å². The van der Waals surface area contributed by atoms with Crippen LogP contribution in [0.1, 0.15) is 56.6 Å².